The molecule has 0 bridgehead atoms. The van der Waals surface area contributed by atoms with Crippen LogP contribution in [0.25, 0.3) is 11.0 Å². The zero-order valence-electron chi connectivity index (χ0n) is 16.1. The van der Waals surface area contributed by atoms with Crippen LogP contribution in [-0.4, -0.2) is 19.6 Å². The minimum Gasteiger partial charge on any atom is -0.493 e. The molecule has 0 saturated heterocycles. The van der Waals surface area contributed by atoms with Crippen molar-refractivity contribution in [2.75, 3.05) is 13.7 Å². The SMILES string of the molecule is CCCCOc1ccc(C2NC(=O)c3oc4ccc(F)cc4c(=O)c32)cc1OC. The van der Waals surface area contributed by atoms with Crippen molar-refractivity contribution in [1.82, 2.24) is 5.32 Å². The van der Waals surface area contributed by atoms with Gasteiger partial charge >= 0.3 is 0 Å². The Balaban J connectivity index is 1.79. The van der Waals surface area contributed by atoms with Gasteiger partial charge in [0.15, 0.2) is 16.9 Å². The number of unbranched alkanes of at least 4 members (excludes halogenated alkanes) is 1. The molecule has 2 aromatic carbocycles. The molecule has 3 aromatic rings. The van der Waals surface area contributed by atoms with Crippen LogP contribution < -0.4 is 20.2 Å². The zero-order valence-corrected chi connectivity index (χ0v) is 16.1. The van der Waals surface area contributed by atoms with E-state index in [0.717, 1.165) is 18.9 Å². The fraction of sp³-hybridized carbons (Fsp3) is 0.273. The van der Waals surface area contributed by atoms with Crippen molar-refractivity contribution in [2.45, 2.75) is 25.8 Å². The lowest BCUT2D eigenvalue weighted by Crippen LogP contribution is -2.22. The van der Waals surface area contributed by atoms with E-state index in [9.17, 15) is 14.0 Å². The van der Waals surface area contributed by atoms with Crippen molar-refractivity contribution in [3.8, 4) is 11.5 Å². The maximum Gasteiger partial charge on any atom is 0.288 e. The molecule has 7 heteroatoms. The first kappa shape index (κ1) is 19.0. The minimum absolute atomic E-state index is 0.0543. The number of hydrogen-bond acceptors (Lipinski definition) is 5. The summed E-state index contributed by atoms with van der Waals surface area (Å²) in [5, 5.41) is 2.86. The normalized spacial score (nSPS) is 15.3. The van der Waals surface area contributed by atoms with Gasteiger partial charge in [-0.1, -0.05) is 19.4 Å². The van der Waals surface area contributed by atoms with Crippen LogP contribution in [0.4, 0.5) is 4.39 Å². The molecule has 1 aromatic heterocycles. The van der Waals surface area contributed by atoms with E-state index < -0.39 is 23.2 Å². The molecule has 1 aliphatic rings. The van der Waals surface area contributed by atoms with Gasteiger partial charge in [0.25, 0.3) is 5.91 Å². The van der Waals surface area contributed by atoms with Gasteiger partial charge in [0.2, 0.25) is 5.76 Å². The molecule has 29 heavy (non-hydrogen) atoms. The summed E-state index contributed by atoms with van der Waals surface area (Å²) in [4.78, 5) is 25.5. The van der Waals surface area contributed by atoms with Crippen LogP contribution in [0.5, 0.6) is 11.5 Å². The molecule has 2 heterocycles. The second-order valence-electron chi connectivity index (χ2n) is 6.83. The van der Waals surface area contributed by atoms with E-state index in [-0.39, 0.29) is 22.3 Å². The van der Waals surface area contributed by atoms with Crippen molar-refractivity contribution in [2.24, 2.45) is 0 Å². The van der Waals surface area contributed by atoms with E-state index in [2.05, 4.69) is 12.2 Å². The first-order valence-electron chi connectivity index (χ1n) is 9.41. The van der Waals surface area contributed by atoms with Crippen LogP contribution in [0.2, 0.25) is 0 Å². The first-order chi connectivity index (χ1) is 14.0. The summed E-state index contributed by atoms with van der Waals surface area (Å²) in [5.74, 6) is -0.00914. The molecule has 6 nitrogen and oxygen atoms in total. The van der Waals surface area contributed by atoms with Gasteiger partial charge in [0, 0.05) is 0 Å². The molecular formula is C22H20FNO5. The molecule has 0 saturated carbocycles. The van der Waals surface area contributed by atoms with Crippen molar-refractivity contribution < 1.29 is 23.1 Å². The van der Waals surface area contributed by atoms with Crippen LogP contribution in [-0.2, 0) is 0 Å². The number of benzene rings is 2. The molecule has 150 valence electrons. The lowest BCUT2D eigenvalue weighted by Gasteiger charge is -2.16. The first-order valence-corrected chi connectivity index (χ1v) is 9.41. The van der Waals surface area contributed by atoms with E-state index in [1.54, 1.807) is 18.2 Å². The fourth-order valence-corrected chi connectivity index (χ4v) is 3.44. The third kappa shape index (κ3) is 3.33. The second kappa shape index (κ2) is 7.58. The Bertz CT molecular complexity index is 1150. The standard InChI is InChI=1S/C22H20FNO5/c1-3-4-9-28-16-7-5-12(10-17(16)27-2)19-18-20(25)14-11-13(23)6-8-15(14)29-21(18)22(26)24-19/h5-8,10-11,19H,3-4,9H2,1-2H3,(H,24,26). The van der Waals surface area contributed by atoms with E-state index in [1.807, 2.05) is 0 Å². The number of fused-ring (bicyclic) bond motifs is 2. The van der Waals surface area contributed by atoms with Crippen molar-refractivity contribution >= 4 is 16.9 Å². The average molecular weight is 397 g/mol. The summed E-state index contributed by atoms with van der Waals surface area (Å²) >= 11 is 0. The maximum atomic E-state index is 13.6. The maximum absolute atomic E-state index is 13.6. The highest BCUT2D eigenvalue weighted by Crippen LogP contribution is 2.36. The van der Waals surface area contributed by atoms with Crippen molar-refractivity contribution in [3.63, 3.8) is 0 Å². The van der Waals surface area contributed by atoms with Gasteiger partial charge in [0.05, 0.1) is 30.7 Å². The summed E-state index contributed by atoms with van der Waals surface area (Å²) in [7, 11) is 1.53. The molecule has 4 rings (SSSR count). The second-order valence-corrected chi connectivity index (χ2v) is 6.83. The number of rotatable bonds is 6. The van der Waals surface area contributed by atoms with Crippen LogP contribution in [0.1, 0.15) is 47.5 Å². The largest absolute Gasteiger partial charge is 0.493 e. The van der Waals surface area contributed by atoms with E-state index >= 15 is 0 Å². The predicted octanol–water partition coefficient (Wildman–Crippen LogP) is 3.95. The number of ether oxygens (including phenoxy) is 2. The van der Waals surface area contributed by atoms with Gasteiger partial charge in [-0.05, 0) is 42.3 Å². The molecule has 1 amide bonds. The van der Waals surface area contributed by atoms with Gasteiger partial charge in [-0.2, -0.15) is 0 Å². The molecule has 1 N–H and O–H groups in total. The summed E-state index contributed by atoms with van der Waals surface area (Å²) < 4.78 is 30.4. The van der Waals surface area contributed by atoms with E-state index in [0.29, 0.717) is 23.7 Å². The minimum atomic E-state index is -0.722. The Morgan fingerprint density at radius 2 is 1.97 bits per heavy atom. The number of carbonyl (C=O) groups excluding carboxylic acids is 1. The predicted molar refractivity (Wildman–Crippen MR) is 105 cm³/mol. The molecule has 1 unspecified atom stereocenters. The summed E-state index contributed by atoms with van der Waals surface area (Å²) in [5.41, 5.74) is 0.532. The lowest BCUT2D eigenvalue weighted by atomic mass is 9.99. The Hall–Kier alpha value is -3.35. The smallest absolute Gasteiger partial charge is 0.288 e. The third-order valence-electron chi connectivity index (χ3n) is 4.93. The van der Waals surface area contributed by atoms with Crippen LogP contribution in [0.15, 0.2) is 45.6 Å². The molecule has 1 aliphatic heterocycles. The topological polar surface area (TPSA) is 77.8 Å². The third-order valence-corrected chi connectivity index (χ3v) is 4.93. The number of nitrogens with one attached hydrogen (secondary N) is 1. The van der Waals surface area contributed by atoms with Crippen LogP contribution in [0, 0.1) is 5.82 Å². The summed E-state index contributed by atoms with van der Waals surface area (Å²) in [6.45, 7) is 2.64. The van der Waals surface area contributed by atoms with Crippen LogP contribution >= 0.6 is 0 Å². The molecular weight excluding hydrogens is 377 g/mol. The quantitative estimate of drug-likeness (QED) is 0.637. The zero-order chi connectivity index (χ0) is 20.5. The Morgan fingerprint density at radius 1 is 1.14 bits per heavy atom. The molecule has 0 spiro atoms. The Kier molecular flexibility index (Phi) is 4.96. The summed E-state index contributed by atoms with van der Waals surface area (Å²) in [6.07, 6.45) is 1.93. The van der Waals surface area contributed by atoms with Gasteiger partial charge in [-0.3, -0.25) is 9.59 Å². The van der Waals surface area contributed by atoms with Crippen molar-refractivity contribution in [3.05, 3.63) is 69.3 Å². The Labute approximate surface area is 166 Å². The van der Waals surface area contributed by atoms with E-state index in [1.165, 1.54) is 19.2 Å². The number of methoxy groups -OCH3 is 1. The Morgan fingerprint density at radius 3 is 2.72 bits per heavy atom. The molecule has 0 aliphatic carbocycles. The van der Waals surface area contributed by atoms with Gasteiger partial charge < -0.3 is 19.2 Å². The van der Waals surface area contributed by atoms with Crippen molar-refractivity contribution in [1.29, 1.82) is 0 Å². The highest BCUT2D eigenvalue weighted by atomic mass is 19.1. The molecule has 0 radical (unpaired) electrons. The highest BCUT2D eigenvalue weighted by molar-refractivity contribution is 5.99. The lowest BCUT2D eigenvalue weighted by molar-refractivity contribution is 0.0938. The monoisotopic (exact) mass is 397 g/mol. The highest BCUT2D eigenvalue weighted by Gasteiger charge is 2.36. The fourth-order valence-electron chi connectivity index (χ4n) is 3.44. The summed E-state index contributed by atoms with van der Waals surface area (Å²) in [6, 6.07) is 8.15. The number of carbonyl (C=O) groups is 1. The van der Waals surface area contributed by atoms with Gasteiger partial charge in [0.1, 0.15) is 11.4 Å². The number of halogens is 1. The molecule has 0 fully saturated rings. The molecule has 1 atom stereocenters. The average Bonchev–Trinajstić information content (AvgIpc) is 3.06. The number of amides is 1. The van der Waals surface area contributed by atoms with Gasteiger partial charge in [-0.15, -0.1) is 0 Å². The van der Waals surface area contributed by atoms with E-state index in [4.69, 9.17) is 13.9 Å². The van der Waals surface area contributed by atoms with Crippen LogP contribution in [0.3, 0.4) is 0 Å². The number of hydrogen-bond donors (Lipinski definition) is 1. The van der Waals surface area contributed by atoms with Gasteiger partial charge in [-0.25, -0.2) is 4.39 Å².